The van der Waals surface area contributed by atoms with Gasteiger partial charge >= 0.3 is 6.09 Å². The minimum atomic E-state index is -0.674. The van der Waals surface area contributed by atoms with Crippen molar-refractivity contribution in [3.05, 3.63) is 59.4 Å². The highest BCUT2D eigenvalue weighted by atomic mass is 19.1. The number of ether oxygens (including phenoxy) is 3. The predicted molar refractivity (Wildman–Crippen MR) is 137 cm³/mol. The molecule has 2 amide bonds. The Bertz CT molecular complexity index is 1100. The van der Waals surface area contributed by atoms with Gasteiger partial charge in [-0.25, -0.2) is 9.18 Å². The summed E-state index contributed by atoms with van der Waals surface area (Å²) in [6.07, 6.45) is 0.589. The molecule has 1 saturated heterocycles. The van der Waals surface area contributed by atoms with Crippen LogP contribution in [-0.2, 0) is 19.0 Å². The topological polar surface area (TPSA) is 103 Å². The van der Waals surface area contributed by atoms with Crippen molar-refractivity contribution >= 4 is 12.0 Å². The third-order valence-corrected chi connectivity index (χ3v) is 7.08. The molecule has 2 fully saturated rings. The Balaban J connectivity index is 1.61. The second-order valence-electron chi connectivity index (χ2n) is 9.75. The first kappa shape index (κ1) is 27.0. The van der Waals surface area contributed by atoms with E-state index >= 15 is 4.39 Å². The van der Waals surface area contributed by atoms with Crippen molar-refractivity contribution in [3.8, 4) is 11.1 Å². The number of hydrogen-bond acceptors (Lipinski definition) is 6. The summed E-state index contributed by atoms with van der Waals surface area (Å²) in [5, 5.41) is 2.60. The smallest absolute Gasteiger partial charge is 0.406 e. The van der Waals surface area contributed by atoms with Crippen LogP contribution in [0.15, 0.2) is 42.5 Å². The van der Waals surface area contributed by atoms with Crippen LogP contribution in [0.25, 0.3) is 11.1 Å². The van der Waals surface area contributed by atoms with Gasteiger partial charge < -0.3 is 30.2 Å². The van der Waals surface area contributed by atoms with Crippen LogP contribution in [0.3, 0.4) is 0 Å². The van der Waals surface area contributed by atoms with Crippen molar-refractivity contribution < 1.29 is 28.2 Å². The van der Waals surface area contributed by atoms with E-state index in [2.05, 4.69) is 10.1 Å². The summed E-state index contributed by atoms with van der Waals surface area (Å²) in [6, 6.07) is 12.6. The van der Waals surface area contributed by atoms with E-state index in [1.165, 1.54) is 13.2 Å². The van der Waals surface area contributed by atoms with E-state index in [0.717, 1.165) is 24.0 Å². The number of amides is 2. The van der Waals surface area contributed by atoms with Crippen LogP contribution in [0.2, 0.25) is 0 Å². The summed E-state index contributed by atoms with van der Waals surface area (Å²) >= 11 is 0. The Kier molecular flexibility index (Phi) is 9.13. The molecule has 1 heterocycles. The van der Waals surface area contributed by atoms with Gasteiger partial charge in [0, 0.05) is 37.2 Å². The van der Waals surface area contributed by atoms with Crippen LogP contribution in [0.1, 0.15) is 36.5 Å². The summed E-state index contributed by atoms with van der Waals surface area (Å²) < 4.78 is 32.4. The largest absolute Gasteiger partial charge is 0.453 e. The fraction of sp³-hybridized carbons (Fsp3) is 0.500. The lowest BCUT2D eigenvalue weighted by Gasteiger charge is -2.38. The van der Waals surface area contributed by atoms with E-state index in [1.54, 1.807) is 6.07 Å². The van der Waals surface area contributed by atoms with Crippen LogP contribution in [0, 0.1) is 18.7 Å². The SMILES string of the molecule is COC(=O)NCCOC(c1cccc(F)c1-c1cccc(C)c1)C1CN(C(=O)C2CCC(N)C2)CCO1. The van der Waals surface area contributed by atoms with E-state index in [4.69, 9.17) is 15.2 Å². The zero-order valence-electron chi connectivity index (χ0n) is 21.5. The molecule has 2 aliphatic rings. The molecule has 0 aromatic heterocycles. The maximum atomic E-state index is 15.3. The number of nitrogens with zero attached hydrogens (tertiary/aromatic N) is 1. The number of nitrogens with two attached hydrogens (primary N) is 1. The number of carbonyl (C=O) groups excluding carboxylic acids is 2. The maximum absolute atomic E-state index is 15.3. The molecule has 4 rings (SSSR count). The van der Waals surface area contributed by atoms with Gasteiger partial charge in [0.05, 0.1) is 20.3 Å². The molecule has 4 unspecified atom stereocenters. The van der Waals surface area contributed by atoms with Crippen molar-refractivity contribution in [1.82, 2.24) is 10.2 Å². The first-order valence-corrected chi connectivity index (χ1v) is 12.8. The number of alkyl carbamates (subject to hydrolysis) is 1. The number of methoxy groups -OCH3 is 1. The molecule has 1 aliphatic heterocycles. The number of benzene rings is 2. The summed E-state index contributed by atoms with van der Waals surface area (Å²) in [5.74, 6) is -0.354. The van der Waals surface area contributed by atoms with Crippen LogP contribution in [-0.4, -0.2) is 69.0 Å². The second kappa shape index (κ2) is 12.5. The van der Waals surface area contributed by atoms with Gasteiger partial charge in [-0.05, 0) is 43.4 Å². The van der Waals surface area contributed by atoms with Crippen molar-refractivity contribution in [3.63, 3.8) is 0 Å². The number of nitrogens with one attached hydrogen (secondary N) is 1. The second-order valence-corrected chi connectivity index (χ2v) is 9.75. The van der Waals surface area contributed by atoms with Gasteiger partial charge in [-0.2, -0.15) is 0 Å². The summed E-state index contributed by atoms with van der Waals surface area (Å²) in [7, 11) is 1.29. The lowest BCUT2D eigenvalue weighted by molar-refractivity contribution is -0.152. The molecule has 3 N–H and O–H groups in total. The molecule has 0 spiro atoms. The van der Waals surface area contributed by atoms with Crippen LogP contribution in [0.5, 0.6) is 0 Å². The number of aryl methyl sites for hydroxylation is 1. The van der Waals surface area contributed by atoms with Crippen molar-refractivity contribution in [1.29, 1.82) is 0 Å². The number of halogens is 1. The molecule has 8 nitrogen and oxygen atoms in total. The van der Waals surface area contributed by atoms with Crippen molar-refractivity contribution in [2.24, 2.45) is 11.7 Å². The predicted octanol–water partition coefficient (Wildman–Crippen LogP) is 3.57. The van der Waals surface area contributed by atoms with E-state index in [-0.39, 0.29) is 36.8 Å². The lowest BCUT2D eigenvalue weighted by atomic mass is 9.91. The maximum Gasteiger partial charge on any atom is 0.406 e. The van der Waals surface area contributed by atoms with Gasteiger partial charge in [0.2, 0.25) is 5.91 Å². The molecular weight excluding hydrogens is 477 g/mol. The van der Waals surface area contributed by atoms with E-state index in [1.807, 2.05) is 42.2 Å². The standard InChI is InChI=1S/C28H36FN3O5/c1-18-5-3-6-19(15-18)25-22(7-4-8-23(25)29)26(37-13-11-31-28(34)35-2)24-17-32(12-14-36-24)27(33)20-9-10-21(30)16-20/h3-8,15,20-21,24,26H,9-14,16-17,30H2,1-2H3,(H,31,34). The third-order valence-electron chi connectivity index (χ3n) is 7.08. The zero-order valence-corrected chi connectivity index (χ0v) is 21.5. The first-order valence-electron chi connectivity index (χ1n) is 12.8. The summed E-state index contributed by atoms with van der Waals surface area (Å²) in [6.45, 7) is 3.47. The molecule has 9 heteroatoms. The molecule has 1 saturated carbocycles. The highest BCUT2D eigenvalue weighted by Gasteiger charge is 2.37. The van der Waals surface area contributed by atoms with Gasteiger partial charge in [-0.3, -0.25) is 4.79 Å². The van der Waals surface area contributed by atoms with Crippen LogP contribution in [0.4, 0.5) is 9.18 Å². The average molecular weight is 514 g/mol. The molecule has 2 aromatic carbocycles. The molecule has 1 aliphatic carbocycles. The Morgan fingerprint density at radius 2 is 2.05 bits per heavy atom. The molecular formula is C28H36FN3O5. The van der Waals surface area contributed by atoms with E-state index in [0.29, 0.717) is 37.2 Å². The van der Waals surface area contributed by atoms with Crippen molar-refractivity contribution in [2.45, 2.75) is 44.4 Å². The molecule has 37 heavy (non-hydrogen) atoms. The number of hydrogen-bond donors (Lipinski definition) is 2. The fourth-order valence-corrected chi connectivity index (χ4v) is 5.25. The monoisotopic (exact) mass is 513 g/mol. The number of morpholine rings is 1. The zero-order chi connectivity index (χ0) is 26.4. The van der Waals surface area contributed by atoms with Crippen LogP contribution >= 0.6 is 0 Å². The molecule has 0 radical (unpaired) electrons. The minimum Gasteiger partial charge on any atom is -0.453 e. The first-order chi connectivity index (χ1) is 17.9. The van der Waals surface area contributed by atoms with Gasteiger partial charge in [-0.15, -0.1) is 0 Å². The van der Waals surface area contributed by atoms with E-state index in [9.17, 15) is 9.59 Å². The fourth-order valence-electron chi connectivity index (χ4n) is 5.25. The molecule has 0 bridgehead atoms. The highest BCUT2D eigenvalue weighted by Crippen LogP contribution is 2.37. The average Bonchev–Trinajstić information content (AvgIpc) is 3.34. The third kappa shape index (κ3) is 6.66. The Hall–Kier alpha value is -3.01. The Morgan fingerprint density at radius 3 is 2.78 bits per heavy atom. The normalized spacial score (nSPS) is 22.5. The number of rotatable bonds is 8. The molecule has 4 atom stereocenters. The molecule has 200 valence electrons. The summed E-state index contributed by atoms with van der Waals surface area (Å²) in [4.78, 5) is 26.6. The van der Waals surface area contributed by atoms with Gasteiger partial charge in [0.25, 0.3) is 0 Å². The quantitative estimate of drug-likeness (QED) is 0.523. The van der Waals surface area contributed by atoms with Crippen molar-refractivity contribution in [2.75, 3.05) is 40.0 Å². The Labute approximate surface area is 217 Å². The molecule has 2 aromatic rings. The lowest BCUT2D eigenvalue weighted by Crippen LogP contribution is -2.50. The van der Waals surface area contributed by atoms with E-state index < -0.39 is 18.3 Å². The highest BCUT2D eigenvalue weighted by molar-refractivity contribution is 5.79. The van der Waals surface area contributed by atoms with Crippen LogP contribution < -0.4 is 11.1 Å². The van der Waals surface area contributed by atoms with Gasteiger partial charge in [0.15, 0.2) is 0 Å². The van der Waals surface area contributed by atoms with Gasteiger partial charge in [-0.1, -0.05) is 42.0 Å². The number of carbonyl (C=O) groups is 2. The Morgan fingerprint density at radius 1 is 1.24 bits per heavy atom. The van der Waals surface area contributed by atoms with Gasteiger partial charge in [0.1, 0.15) is 18.0 Å². The minimum absolute atomic E-state index is 0.0633. The summed E-state index contributed by atoms with van der Waals surface area (Å²) in [5.41, 5.74) is 8.86.